The van der Waals surface area contributed by atoms with Crippen LogP contribution >= 0.6 is 28.1 Å². The average molecular weight is 480 g/mol. The summed E-state index contributed by atoms with van der Waals surface area (Å²) in [6.45, 7) is 4.16. The Morgan fingerprint density at radius 3 is 2.62 bits per heavy atom. The lowest BCUT2D eigenvalue weighted by Crippen LogP contribution is -2.34. The van der Waals surface area contributed by atoms with Crippen LogP contribution in [0.15, 0.2) is 40.9 Å². The van der Waals surface area contributed by atoms with Crippen molar-refractivity contribution in [1.29, 1.82) is 0 Å². The van der Waals surface area contributed by atoms with Gasteiger partial charge in [0, 0.05) is 24.3 Å². The van der Waals surface area contributed by atoms with E-state index in [2.05, 4.69) is 31.5 Å². The van der Waals surface area contributed by atoms with Gasteiger partial charge in [0.05, 0.1) is 16.8 Å². The molecular weight excluding hydrogens is 457 g/mol. The summed E-state index contributed by atoms with van der Waals surface area (Å²) in [4.78, 5) is 14.5. The van der Waals surface area contributed by atoms with Crippen LogP contribution in [0.3, 0.4) is 0 Å². The van der Waals surface area contributed by atoms with Gasteiger partial charge in [-0.05, 0) is 90.7 Å². The molecule has 2 aromatic carbocycles. The summed E-state index contributed by atoms with van der Waals surface area (Å²) in [5.74, 6) is -0.00727. The minimum absolute atomic E-state index is 0.102. The molecule has 1 fully saturated rings. The van der Waals surface area contributed by atoms with Crippen molar-refractivity contribution in [2.45, 2.75) is 26.2 Å². The summed E-state index contributed by atoms with van der Waals surface area (Å²) in [6.07, 6.45) is 3.35. The third kappa shape index (κ3) is 5.67. The van der Waals surface area contributed by atoms with Crippen LogP contribution in [0.25, 0.3) is 0 Å². The number of amides is 1. The van der Waals surface area contributed by atoms with Crippen LogP contribution in [0.2, 0.25) is 0 Å². The number of ether oxygens (including phenoxy) is 1. The zero-order valence-electron chi connectivity index (χ0n) is 16.1. The number of carbonyl (C=O) groups excluding carboxylic acids is 1. The number of carbonyl (C=O) groups is 1. The fourth-order valence-corrected chi connectivity index (χ4v) is 3.93. The van der Waals surface area contributed by atoms with Crippen LogP contribution in [0.1, 0.15) is 36.5 Å². The zero-order valence-corrected chi connectivity index (χ0v) is 18.5. The van der Waals surface area contributed by atoms with E-state index in [0.717, 1.165) is 25.9 Å². The lowest BCUT2D eigenvalue weighted by atomic mass is 10.1. The first-order valence-electron chi connectivity index (χ1n) is 9.57. The highest BCUT2D eigenvalue weighted by Gasteiger charge is 2.16. The number of nitrogens with one attached hydrogen (secondary N) is 2. The second-order valence-electron chi connectivity index (χ2n) is 6.70. The molecule has 1 heterocycles. The maximum Gasteiger partial charge on any atom is 0.257 e. The number of anilines is 2. The Hall–Kier alpha value is -2.19. The molecule has 0 unspecified atom stereocenters. The number of piperidine rings is 1. The number of rotatable bonds is 5. The molecule has 1 saturated heterocycles. The second-order valence-corrected chi connectivity index (χ2v) is 7.96. The van der Waals surface area contributed by atoms with Crippen LogP contribution in [0.4, 0.5) is 15.8 Å². The third-order valence-electron chi connectivity index (χ3n) is 4.62. The van der Waals surface area contributed by atoms with Gasteiger partial charge in [-0.3, -0.25) is 10.1 Å². The van der Waals surface area contributed by atoms with Gasteiger partial charge in [-0.25, -0.2) is 4.39 Å². The number of thiocarbonyl (C=S) groups is 1. The van der Waals surface area contributed by atoms with Crippen molar-refractivity contribution in [2.24, 2.45) is 0 Å². The fourth-order valence-electron chi connectivity index (χ4n) is 3.23. The minimum Gasteiger partial charge on any atom is -0.493 e. The highest BCUT2D eigenvalue weighted by molar-refractivity contribution is 9.10. The van der Waals surface area contributed by atoms with E-state index in [1.807, 2.05) is 6.92 Å². The first kappa shape index (κ1) is 21.5. The van der Waals surface area contributed by atoms with Crippen molar-refractivity contribution in [1.82, 2.24) is 5.32 Å². The largest absolute Gasteiger partial charge is 0.493 e. The van der Waals surface area contributed by atoms with Crippen LogP contribution in [-0.4, -0.2) is 30.7 Å². The summed E-state index contributed by atoms with van der Waals surface area (Å²) < 4.78 is 20.7. The summed E-state index contributed by atoms with van der Waals surface area (Å²) in [6, 6.07) is 9.94. The van der Waals surface area contributed by atoms with E-state index in [4.69, 9.17) is 17.0 Å². The Morgan fingerprint density at radius 1 is 1.21 bits per heavy atom. The number of halogens is 2. The number of benzene rings is 2. The lowest BCUT2D eigenvalue weighted by molar-refractivity contribution is 0.0977. The first-order valence-corrected chi connectivity index (χ1v) is 10.8. The van der Waals surface area contributed by atoms with Gasteiger partial charge in [0.25, 0.3) is 5.91 Å². The summed E-state index contributed by atoms with van der Waals surface area (Å²) in [7, 11) is 0. The SMILES string of the molecule is CCOc1ccc(C(=O)NC(=S)Nc2ccc(N3CCCCC3)c(F)c2)cc1Br. The van der Waals surface area contributed by atoms with Crippen LogP contribution in [-0.2, 0) is 0 Å². The molecule has 1 aliphatic rings. The molecule has 0 aromatic heterocycles. The monoisotopic (exact) mass is 479 g/mol. The predicted molar refractivity (Wildman–Crippen MR) is 121 cm³/mol. The van der Waals surface area contributed by atoms with Gasteiger partial charge >= 0.3 is 0 Å². The molecule has 0 aliphatic carbocycles. The van der Waals surface area contributed by atoms with Crippen LogP contribution in [0.5, 0.6) is 5.75 Å². The Morgan fingerprint density at radius 2 is 1.97 bits per heavy atom. The summed E-state index contributed by atoms with van der Waals surface area (Å²) in [5.41, 5.74) is 1.52. The molecule has 1 amide bonds. The lowest BCUT2D eigenvalue weighted by Gasteiger charge is -2.29. The predicted octanol–water partition coefficient (Wildman–Crippen LogP) is 5.10. The maximum absolute atomic E-state index is 14.5. The van der Waals surface area contributed by atoms with Crippen molar-refractivity contribution in [3.8, 4) is 5.75 Å². The summed E-state index contributed by atoms with van der Waals surface area (Å²) >= 11 is 8.59. The van der Waals surface area contributed by atoms with Crippen molar-refractivity contribution >= 4 is 50.5 Å². The van der Waals surface area contributed by atoms with E-state index in [-0.39, 0.29) is 16.8 Å². The van der Waals surface area contributed by atoms with Crippen molar-refractivity contribution in [2.75, 3.05) is 29.9 Å². The van der Waals surface area contributed by atoms with Gasteiger partial charge in [-0.2, -0.15) is 0 Å². The molecule has 0 spiro atoms. The quantitative estimate of drug-likeness (QED) is 0.583. The van der Waals surface area contributed by atoms with Gasteiger partial charge < -0.3 is 15.0 Å². The molecule has 1 aliphatic heterocycles. The molecule has 0 atom stereocenters. The topological polar surface area (TPSA) is 53.6 Å². The number of hydrogen-bond acceptors (Lipinski definition) is 4. The highest BCUT2D eigenvalue weighted by Crippen LogP contribution is 2.27. The van der Waals surface area contributed by atoms with E-state index in [0.29, 0.717) is 33.8 Å². The molecule has 0 radical (unpaired) electrons. The van der Waals surface area contributed by atoms with Crippen LogP contribution in [0, 0.1) is 5.82 Å². The van der Waals surface area contributed by atoms with Crippen LogP contribution < -0.4 is 20.3 Å². The molecule has 2 aromatic rings. The van der Waals surface area contributed by atoms with E-state index >= 15 is 0 Å². The Bertz CT molecular complexity index is 903. The van der Waals surface area contributed by atoms with Crippen molar-refractivity contribution < 1.29 is 13.9 Å². The Balaban J connectivity index is 1.60. The molecule has 29 heavy (non-hydrogen) atoms. The fraction of sp³-hybridized carbons (Fsp3) is 0.333. The Labute approximate surface area is 183 Å². The molecule has 5 nitrogen and oxygen atoms in total. The van der Waals surface area contributed by atoms with E-state index in [9.17, 15) is 9.18 Å². The second kappa shape index (κ2) is 10.0. The molecular formula is C21H23BrFN3O2S. The number of nitrogens with zero attached hydrogens (tertiary/aromatic N) is 1. The molecule has 154 valence electrons. The molecule has 0 bridgehead atoms. The van der Waals surface area contributed by atoms with Gasteiger partial charge in [0.1, 0.15) is 11.6 Å². The van der Waals surface area contributed by atoms with Crippen molar-refractivity contribution in [3.05, 3.63) is 52.3 Å². The average Bonchev–Trinajstić information content (AvgIpc) is 2.70. The maximum atomic E-state index is 14.5. The van der Waals surface area contributed by atoms with Gasteiger partial charge in [-0.1, -0.05) is 0 Å². The minimum atomic E-state index is -0.364. The van der Waals surface area contributed by atoms with Crippen molar-refractivity contribution in [3.63, 3.8) is 0 Å². The normalized spacial score (nSPS) is 13.7. The smallest absolute Gasteiger partial charge is 0.257 e. The molecule has 8 heteroatoms. The number of hydrogen-bond donors (Lipinski definition) is 2. The summed E-state index contributed by atoms with van der Waals surface area (Å²) in [5, 5.41) is 5.57. The molecule has 0 saturated carbocycles. The van der Waals surface area contributed by atoms with Gasteiger partial charge in [0.2, 0.25) is 0 Å². The van der Waals surface area contributed by atoms with Gasteiger partial charge in [-0.15, -0.1) is 0 Å². The van der Waals surface area contributed by atoms with E-state index in [1.54, 1.807) is 30.3 Å². The molecule has 3 rings (SSSR count). The zero-order chi connectivity index (χ0) is 20.8. The van der Waals surface area contributed by atoms with Gasteiger partial charge in [0.15, 0.2) is 5.11 Å². The Kier molecular flexibility index (Phi) is 7.44. The standard InChI is InChI=1S/C21H23BrFN3O2S/c1-2-28-19-9-6-14(12-16(19)22)20(27)25-21(29)24-15-7-8-18(17(23)13-15)26-10-4-3-5-11-26/h6-9,12-13H,2-5,10-11H2,1H3,(H2,24,25,27,29). The first-order chi connectivity index (χ1) is 14.0. The van der Waals surface area contributed by atoms with E-state index < -0.39 is 0 Å². The third-order valence-corrected chi connectivity index (χ3v) is 5.45. The highest BCUT2D eigenvalue weighted by atomic mass is 79.9. The van der Waals surface area contributed by atoms with E-state index in [1.165, 1.54) is 12.5 Å². The molecule has 2 N–H and O–H groups in total.